The number of unbranched alkanes of at least 4 members (excludes halogenated alkanes) is 1. The number of rotatable bonds is 5. The molecule has 0 saturated heterocycles. The van der Waals surface area contributed by atoms with Gasteiger partial charge in [0.1, 0.15) is 5.82 Å². The van der Waals surface area contributed by atoms with Crippen LogP contribution in [-0.2, 0) is 13.5 Å². The smallest absolute Gasteiger partial charge is 0.200 e. The normalized spacial score (nSPS) is 10.5. The number of nitrogens with zero attached hydrogens (tertiary/aromatic N) is 2. The first kappa shape index (κ1) is 21.7. The zero-order chi connectivity index (χ0) is 20.7. The van der Waals surface area contributed by atoms with Gasteiger partial charge in [-0.1, -0.05) is 37.1 Å². The van der Waals surface area contributed by atoms with Gasteiger partial charge in [0.25, 0.3) is 0 Å². The molecule has 0 fully saturated rings. The van der Waals surface area contributed by atoms with Gasteiger partial charge in [0.2, 0.25) is 0 Å². The lowest BCUT2D eigenvalue weighted by Gasteiger charge is -2.08. The Morgan fingerprint density at radius 3 is 2.71 bits per heavy atom. The van der Waals surface area contributed by atoms with E-state index in [0.29, 0.717) is 35.1 Å². The van der Waals surface area contributed by atoms with Crippen molar-refractivity contribution < 1.29 is 14.3 Å². The van der Waals surface area contributed by atoms with Crippen LogP contribution in [0.5, 0.6) is 0 Å². The zero-order valence-electron chi connectivity index (χ0n) is 15.8. The number of hydrogen-bond donors (Lipinski definition) is 1. The van der Waals surface area contributed by atoms with E-state index in [1.165, 1.54) is 12.3 Å². The van der Waals surface area contributed by atoms with Crippen molar-refractivity contribution in [1.29, 1.82) is 0 Å². The van der Waals surface area contributed by atoms with Gasteiger partial charge in [0.05, 0.1) is 22.3 Å². The molecule has 0 aliphatic carbocycles. The number of aliphatic hydroxyl groups is 1. The van der Waals surface area contributed by atoms with Crippen LogP contribution in [0.3, 0.4) is 0 Å². The summed E-state index contributed by atoms with van der Waals surface area (Å²) in [5.74, 6) is -0.495. The lowest BCUT2D eigenvalue weighted by atomic mass is 10.1. The summed E-state index contributed by atoms with van der Waals surface area (Å²) >= 11 is 5.77. The van der Waals surface area contributed by atoms with Gasteiger partial charge in [-0.3, -0.25) is 14.6 Å². The molecule has 2 heterocycles. The van der Waals surface area contributed by atoms with Gasteiger partial charge in [-0.25, -0.2) is 4.39 Å². The minimum Gasteiger partial charge on any atom is -0.396 e. The predicted molar refractivity (Wildman–Crippen MR) is 109 cm³/mol. The number of carbonyl (C=O) groups is 1. The van der Waals surface area contributed by atoms with E-state index >= 15 is 0 Å². The summed E-state index contributed by atoms with van der Waals surface area (Å²) in [6.07, 6.45) is 5.78. The number of benzene rings is 1. The Labute approximate surface area is 167 Å². The number of aromatic nitrogens is 2. The number of aldehydes is 1. The van der Waals surface area contributed by atoms with Gasteiger partial charge >= 0.3 is 0 Å². The van der Waals surface area contributed by atoms with E-state index in [2.05, 4.69) is 11.9 Å². The third kappa shape index (κ3) is 5.03. The summed E-state index contributed by atoms with van der Waals surface area (Å²) in [6.45, 7) is 2.40. The summed E-state index contributed by atoms with van der Waals surface area (Å²) in [6, 6.07) is 6.34. The Bertz CT molecular complexity index is 1030. The maximum absolute atomic E-state index is 14.0. The van der Waals surface area contributed by atoms with Crippen LogP contribution in [0.25, 0.3) is 10.9 Å². The van der Waals surface area contributed by atoms with Crippen LogP contribution < -0.4 is 5.43 Å². The lowest BCUT2D eigenvalue weighted by Crippen LogP contribution is -2.13. The minimum absolute atomic E-state index is 0.0439. The molecule has 1 aromatic carbocycles. The first-order valence-corrected chi connectivity index (χ1v) is 9.27. The van der Waals surface area contributed by atoms with Crippen LogP contribution >= 0.6 is 11.6 Å². The highest BCUT2D eigenvalue weighted by atomic mass is 35.5. The molecule has 2 aromatic heterocycles. The molecule has 0 bridgehead atoms. The molecule has 28 heavy (non-hydrogen) atoms. The molecule has 0 saturated carbocycles. The van der Waals surface area contributed by atoms with E-state index in [1.54, 1.807) is 36.0 Å². The molecule has 0 radical (unpaired) electrons. The van der Waals surface area contributed by atoms with E-state index in [1.807, 2.05) is 0 Å². The standard InChI is InChI=1S/C17H12ClFN2O2.C4H10O/c1-21-8-11(9-22)17(23)13-6-12(20-7-15(13)21)5-10-3-2-4-14(18)16(10)19;1-2-3-4-5/h2-4,6-9H,5H2,1H3;5H,2-4H2,1H3. The van der Waals surface area contributed by atoms with Crippen LogP contribution in [-0.4, -0.2) is 27.6 Å². The van der Waals surface area contributed by atoms with Crippen molar-refractivity contribution in [3.63, 3.8) is 0 Å². The molecule has 3 rings (SSSR count). The third-order valence-corrected chi connectivity index (χ3v) is 4.49. The average Bonchev–Trinajstić information content (AvgIpc) is 2.69. The number of pyridine rings is 2. The van der Waals surface area contributed by atoms with Gasteiger partial charge in [-0.2, -0.15) is 0 Å². The Balaban J connectivity index is 0.000000500. The molecule has 1 N–H and O–H groups in total. The molecule has 7 heteroatoms. The Morgan fingerprint density at radius 2 is 2.11 bits per heavy atom. The maximum Gasteiger partial charge on any atom is 0.200 e. The average molecular weight is 405 g/mol. The van der Waals surface area contributed by atoms with Crippen molar-refractivity contribution in [2.75, 3.05) is 6.61 Å². The van der Waals surface area contributed by atoms with Gasteiger partial charge in [0, 0.05) is 37.4 Å². The van der Waals surface area contributed by atoms with E-state index < -0.39 is 5.82 Å². The molecule has 0 spiro atoms. The summed E-state index contributed by atoms with van der Waals surface area (Å²) in [5, 5.41) is 8.49. The van der Waals surface area contributed by atoms with E-state index in [-0.39, 0.29) is 22.4 Å². The number of halogens is 2. The number of fused-ring (bicyclic) bond motifs is 1. The van der Waals surface area contributed by atoms with Crippen molar-refractivity contribution in [1.82, 2.24) is 9.55 Å². The van der Waals surface area contributed by atoms with Gasteiger partial charge in [-0.05, 0) is 24.1 Å². The molecule has 3 aromatic rings. The van der Waals surface area contributed by atoms with Crippen molar-refractivity contribution in [3.8, 4) is 0 Å². The molecule has 0 unspecified atom stereocenters. The second-order valence-electron chi connectivity index (χ2n) is 6.30. The molecular weight excluding hydrogens is 383 g/mol. The number of aliphatic hydroxyl groups excluding tert-OH is 1. The minimum atomic E-state index is -0.495. The largest absolute Gasteiger partial charge is 0.396 e. The van der Waals surface area contributed by atoms with Gasteiger partial charge in [0.15, 0.2) is 11.7 Å². The Kier molecular flexibility index (Phi) is 7.84. The highest BCUT2D eigenvalue weighted by Crippen LogP contribution is 2.21. The quantitative estimate of drug-likeness (QED) is 0.654. The van der Waals surface area contributed by atoms with E-state index in [9.17, 15) is 14.0 Å². The SMILES string of the molecule is CCCCO.Cn1cc(C=O)c(=O)c2cc(Cc3cccc(Cl)c3F)ncc21. The van der Waals surface area contributed by atoms with Crippen molar-refractivity contribution in [2.24, 2.45) is 7.05 Å². The van der Waals surface area contributed by atoms with E-state index in [4.69, 9.17) is 16.7 Å². The van der Waals surface area contributed by atoms with Crippen molar-refractivity contribution >= 4 is 28.8 Å². The summed E-state index contributed by atoms with van der Waals surface area (Å²) in [7, 11) is 1.73. The highest BCUT2D eigenvalue weighted by molar-refractivity contribution is 6.30. The molecule has 5 nitrogen and oxygen atoms in total. The summed E-state index contributed by atoms with van der Waals surface area (Å²) in [4.78, 5) is 27.5. The van der Waals surface area contributed by atoms with Crippen molar-refractivity contribution in [3.05, 3.63) is 74.5 Å². The topological polar surface area (TPSA) is 72.2 Å². The molecule has 0 aliphatic rings. The van der Waals surface area contributed by atoms with Crippen LogP contribution in [0, 0.1) is 5.82 Å². The first-order valence-electron chi connectivity index (χ1n) is 8.90. The molecule has 0 atom stereocenters. The molecule has 0 amide bonds. The van der Waals surface area contributed by atoms with Crippen molar-refractivity contribution in [2.45, 2.75) is 26.2 Å². The lowest BCUT2D eigenvalue weighted by molar-refractivity contribution is 0.112. The summed E-state index contributed by atoms with van der Waals surface area (Å²) in [5.41, 5.74) is 1.25. The van der Waals surface area contributed by atoms with Crippen LogP contribution in [0.2, 0.25) is 5.02 Å². The van der Waals surface area contributed by atoms with Crippen LogP contribution in [0.15, 0.2) is 41.5 Å². The number of hydrogen-bond acceptors (Lipinski definition) is 4. The van der Waals surface area contributed by atoms with Crippen LogP contribution in [0.4, 0.5) is 4.39 Å². The molecular formula is C21H22ClFN2O3. The highest BCUT2D eigenvalue weighted by Gasteiger charge is 2.11. The fourth-order valence-electron chi connectivity index (χ4n) is 2.67. The predicted octanol–water partition coefficient (Wildman–Crippen LogP) is 3.91. The number of aryl methyl sites for hydroxylation is 1. The maximum atomic E-state index is 14.0. The Morgan fingerprint density at radius 1 is 1.36 bits per heavy atom. The Hall–Kier alpha value is -2.57. The third-order valence-electron chi connectivity index (χ3n) is 4.20. The summed E-state index contributed by atoms with van der Waals surface area (Å²) < 4.78 is 15.7. The number of carbonyl (C=O) groups excluding carboxylic acids is 1. The zero-order valence-corrected chi connectivity index (χ0v) is 16.5. The first-order chi connectivity index (χ1) is 13.4. The molecule has 148 valence electrons. The second-order valence-corrected chi connectivity index (χ2v) is 6.71. The van der Waals surface area contributed by atoms with Crippen LogP contribution in [0.1, 0.15) is 41.4 Å². The monoisotopic (exact) mass is 404 g/mol. The van der Waals surface area contributed by atoms with Gasteiger partial charge < -0.3 is 9.67 Å². The molecule has 0 aliphatic heterocycles. The van der Waals surface area contributed by atoms with Gasteiger partial charge in [-0.15, -0.1) is 0 Å². The van der Waals surface area contributed by atoms with E-state index in [0.717, 1.165) is 12.8 Å². The fourth-order valence-corrected chi connectivity index (χ4v) is 2.86. The fraction of sp³-hybridized carbons (Fsp3) is 0.286. The second kappa shape index (κ2) is 10.1.